The van der Waals surface area contributed by atoms with E-state index in [4.69, 9.17) is 9.47 Å². The molecule has 0 saturated heterocycles. The Morgan fingerprint density at radius 2 is 1.78 bits per heavy atom. The Hall–Kier alpha value is -2.01. The van der Waals surface area contributed by atoms with Gasteiger partial charge in [-0.3, -0.25) is 4.79 Å². The van der Waals surface area contributed by atoms with Crippen molar-refractivity contribution in [3.63, 3.8) is 0 Å². The van der Waals surface area contributed by atoms with Crippen molar-refractivity contribution in [2.24, 2.45) is 0 Å². The highest BCUT2D eigenvalue weighted by Crippen LogP contribution is 2.31. The summed E-state index contributed by atoms with van der Waals surface area (Å²) in [7, 11) is 0. The number of carbonyl (C=O) groups excluding carboxylic acids is 1. The second-order valence-electron chi connectivity index (χ2n) is 5.25. The molecular weight excluding hydrogens is 310 g/mol. The van der Waals surface area contributed by atoms with Crippen LogP contribution in [-0.4, -0.2) is 19.1 Å². The number of hydrogen-bond donors (Lipinski definition) is 1. The molecule has 0 atom stereocenters. The predicted octanol–water partition coefficient (Wildman–Crippen LogP) is 4.89. The molecule has 0 aliphatic heterocycles. The maximum Gasteiger partial charge on any atom is 0.265 e. The molecule has 5 heteroatoms. The minimum atomic E-state index is -0.0961. The van der Waals surface area contributed by atoms with Crippen molar-refractivity contribution in [3.8, 4) is 11.5 Å². The Balaban J connectivity index is 2.15. The van der Waals surface area contributed by atoms with Gasteiger partial charge in [0.2, 0.25) is 0 Å². The van der Waals surface area contributed by atoms with Gasteiger partial charge in [0.25, 0.3) is 5.91 Å². The van der Waals surface area contributed by atoms with Crippen LogP contribution in [0.25, 0.3) is 0 Å². The zero-order valence-corrected chi connectivity index (χ0v) is 14.7. The third-order valence-electron chi connectivity index (χ3n) is 3.19. The lowest BCUT2D eigenvalue weighted by Crippen LogP contribution is -2.11. The largest absolute Gasteiger partial charge is 0.490 e. The fourth-order valence-corrected chi connectivity index (χ4v) is 2.86. The Morgan fingerprint density at radius 1 is 1.09 bits per heavy atom. The minimum Gasteiger partial charge on any atom is -0.490 e. The van der Waals surface area contributed by atoms with E-state index >= 15 is 0 Å². The van der Waals surface area contributed by atoms with Crippen LogP contribution >= 0.6 is 11.3 Å². The van der Waals surface area contributed by atoms with E-state index in [0.29, 0.717) is 30.4 Å². The number of carbonyl (C=O) groups is 1. The first-order valence-corrected chi connectivity index (χ1v) is 8.78. The van der Waals surface area contributed by atoms with Crippen molar-refractivity contribution in [3.05, 3.63) is 40.1 Å². The van der Waals surface area contributed by atoms with Crippen LogP contribution < -0.4 is 14.8 Å². The first kappa shape index (κ1) is 17.3. The lowest BCUT2D eigenvalue weighted by molar-refractivity contribution is 0.103. The predicted molar refractivity (Wildman–Crippen MR) is 95.0 cm³/mol. The van der Waals surface area contributed by atoms with Crippen molar-refractivity contribution in [1.29, 1.82) is 0 Å². The van der Waals surface area contributed by atoms with E-state index in [1.807, 2.05) is 36.6 Å². The fraction of sp³-hybridized carbons (Fsp3) is 0.389. The second-order valence-corrected chi connectivity index (χ2v) is 6.16. The van der Waals surface area contributed by atoms with Gasteiger partial charge >= 0.3 is 0 Å². The van der Waals surface area contributed by atoms with Crippen LogP contribution in [0.5, 0.6) is 11.5 Å². The number of aryl methyl sites for hydroxylation is 1. The molecule has 1 aromatic carbocycles. The number of benzene rings is 1. The third-order valence-corrected chi connectivity index (χ3v) is 4.21. The maximum atomic E-state index is 12.3. The van der Waals surface area contributed by atoms with Crippen LogP contribution in [-0.2, 0) is 0 Å². The molecule has 1 amide bonds. The van der Waals surface area contributed by atoms with E-state index < -0.39 is 0 Å². The molecule has 0 radical (unpaired) electrons. The van der Waals surface area contributed by atoms with E-state index in [1.54, 1.807) is 0 Å². The molecule has 0 bridgehead atoms. The Bertz CT molecular complexity index is 651. The van der Waals surface area contributed by atoms with Gasteiger partial charge < -0.3 is 14.8 Å². The standard InChI is InChI=1S/C18H23NO3S/c1-4-9-21-15-7-6-14(12-16(15)22-10-5-2)19-18(20)17-13(3)8-11-23-17/h6-8,11-12H,4-5,9-10H2,1-3H3,(H,19,20). The Kier molecular flexibility index (Phi) is 6.47. The number of ether oxygens (including phenoxy) is 2. The van der Waals surface area contributed by atoms with E-state index in [0.717, 1.165) is 23.3 Å². The monoisotopic (exact) mass is 333 g/mol. The maximum absolute atomic E-state index is 12.3. The average Bonchev–Trinajstić information content (AvgIpc) is 2.98. The molecule has 23 heavy (non-hydrogen) atoms. The topological polar surface area (TPSA) is 47.6 Å². The van der Waals surface area contributed by atoms with Crippen LogP contribution in [0.3, 0.4) is 0 Å². The molecule has 1 heterocycles. The molecule has 0 aliphatic carbocycles. The van der Waals surface area contributed by atoms with Crippen LogP contribution in [0.15, 0.2) is 29.6 Å². The zero-order chi connectivity index (χ0) is 16.7. The molecule has 2 rings (SSSR count). The van der Waals surface area contributed by atoms with Crippen molar-refractivity contribution < 1.29 is 14.3 Å². The lowest BCUT2D eigenvalue weighted by atomic mass is 10.2. The van der Waals surface area contributed by atoms with Gasteiger partial charge in [-0.1, -0.05) is 13.8 Å². The average molecular weight is 333 g/mol. The molecule has 1 N–H and O–H groups in total. The molecule has 1 aromatic heterocycles. The quantitative estimate of drug-likeness (QED) is 0.748. The second kappa shape index (κ2) is 8.58. The van der Waals surface area contributed by atoms with Gasteiger partial charge in [-0.2, -0.15) is 0 Å². The minimum absolute atomic E-state index is 0.0961. The van der Waals surface area contributed by atoms with Crippen molar-refractivity contribution in [1.82, 2.24) is 0 Å². The molecule has 2 aromatic rings. The summed E-state index contributed by atoms with van der Waals surface area (Å²) in [6, 6.07) is 7.45. The normalized spacial score (nSPS) is 10.4. The molecule has 0 spiro atoms. The van der Waals surface area contributed by atoms with Gasteiger partial charge in [-0.05, 0) is 48.9 Å². The van der Waals surface area contributed by atoms with Gasteiger partial charge in [0.05, 0.1) is 18.1 Å². The first-order chi connectivity index (χ1) is 11.2. The Morgan fingerprint density at radius 3 is 2.39 bits per heavy atom. The van der Waals surface area contributed by atoms with Gasteiger partial charge in [-0.25, -0.2) is 0 Å². The summed E-state index contributed by atoms with van der Waals surface area (Å²) < 4.78 is 11.4. The SMILES string of the molecule is CCCOc1ccc(NC(=O)c2sccc2C)cc1OCCC. The smallest absolute Gasteiger partial charge is 0.265 e. The summed E-state index contributed by atoms with van der Waals surface area (Å²) in [5, 5.41) is 4.84. The molecule has 0 unspecified atom stereocenters. The number of nitrogens with one attached hydrogen (secondary N) is 1. The number of anilines is 1. The fourth-order valence-electron chi connectivity index (χ4n) is 2.04. The van der Waals surface area contributed by atoms with Crippen molar-refractivity contribution in [2.75, 3.05) is 18.5 Å². The highest BCUT2D eigenvalue weighted by atomic mass is 32.1. The highest BCUT2D eigenvalue weighted by Gasteiger charge is 2.13. The van der Waals surface area contributed by atoms with Crippen molar-refractivity contribution >= 4 is 22.9 Å². The summed E-state index contributed by atoms with van der Waals surface area (Å²) in [5.74, 6) is 1.28. The van der Waals surface area contributed by atoms with E-state index in [1.165, 1.54) is 11.3 Å². The van der Waals surface area contributed by atoms with E-state index in [2.05, 4.69) is 19.2 Å². The number of rotatable bonds is 8. The summed E-state index contributed by atoms with van der Waals surface area (Å²) in [4.78, 5) is 13.0. The van der Waals surface area contributed by atoms with Gasteiger partial charge in [0.1, 0.15) is 0 Å². The van der Waals surface area contributed by atoms with Crippen molar-refractivity contribution in [2.45, 2.75) is 33.6 Å². The molecule has 124 valence electrons. The highest BCUT2D eigenvalue weighted by molar-refractivity contribution is 7.12. The number of hydrogen-bond acceptors (Lipinski definition) is 4. The van der Waals surface area contributed by atoms with Gasteiger partial charge in [0.15, 0.2) is 11.5 Å². The zero-order valence-electron chi connectivity index (χ0n) is 13.8. The summed E-state index contributed by atoms with van der Waals surface area (Å²) >= 11 is 1.44. The van der Waals surface area contributed by atoms with Gasteiger partial charge in [0, 0.05) is 11.8 Å². The van der Waals surface area contributed by atoms with Crippen LogP contribution in [0.1, 0.15) is 41.9 Å². The lowest BCUT2D eigenvalue weighted by Gasteiger charge is -2.14. The first-order valence-electron chi connectivity index (χ1n) is 7.90. The Labute approximate surface area is 141 Å². The summed E-state index contributed by atoms with van der Waals surface area (Å²) in [5.41, 5.74) is 1.69. The van der Waals surface area contributed by atoms with Crippen LogP contribution in [0.4, 0.5) is 5.69 Å². The third kappa shape index (κ3) is 4.73. The van der Waals surface area contributed by atoms with Crippen LogP contribution in [0, 0.1) is 6.92 Å². The molecule has 4 nitrogen and oxygen atoms in total. The van der Waals surface area contributed by atoms with E-state index in [-0.39, 0.29) is 5.91 Å². The molecule has 0 saturated carbocycles. The number of thiophene rings is 1. The van der Waals surface area contributed by atoms with Crippen LogP contribution in [0.2, 0.25) is 0 Å². The molecular formula is C18H23NO3S. The molecule has 0 aliphatic rings. The number of amides is 1. The summed E-state index contributed by atoms with van der Waals surface area (Å²) in [6.07, 6.45) is 1.85. The van der Waals surface area contributed by atoms with Gasteiger partial charge in [-0.15, -0.1) is 11.3 Å². The van der Waals surface area contributed by atoms with E-state index in [9.17, 15) is 4.79 Å². The molecule has 0 fully saturated rings. The summed E-state index contributed by atoms with van der Waals surface area (Å²) in [6.45, 7) is 7.30.